The highest BCUT2D eigenvalue weighted by Crippen LogP contribution is 2.37. The summed E-state index contributed by atoms with van der Waals surface area (Å²) in [7, 11) is 0. The number of benzene rings is 1. The molecule has 1 N–H and O–H groups in total. The van der Waals surface area contributed by atoms with Gasteiger partial charge in [-0.25, -0.2) is 4.98 Å². The van der Waals surface area contributed by atoms with Gasteiger partial charge in [-0.3, -0.25) is 9.59 Å². The second kappa shape index (κ2) is 7.48. The maximum Gasteiger partial charge on any atom is 0.258 e. The molecule has 0 aliphatic carbocycles. The zero-order valence-corrected chi connectivity index (χ0v) is 14.7. The summed E-state index contributed by atoms with van der Waals surface area (Å²) in [6.45, 7) is 2.69. The molecule has 1 amide bonds. The second-order valence-electron chi connectivity index (χ2n) is 6.32. The van der Waals surface area contributed by atoms with Crippen molar-refractivity contribution in [2.45, 2.75) is 44.8 Å². The molecule has 7 nitrogen and oxygen atoms in total. The van der Waals surface area contributed by atoms with E-state index in [1.54, 1.807) is 23.1 Å². The molecule has 0 bridgehead atoms. The van der Waals surface area contributed by atoms with Crippen LogP contribution < -0.4 is 5.56 Å². The van der Waals surface area contributed by atoms with Gasteiger partial charge in [0.15, 0.2) is 5.66 Å². The Labute approximate surface area is 151 Å². The van der Waals surface area contributed by atoms with Crippen molar-refractivity contribution >= 4 is 16.8 Å². The average Bonchev–Trinajstić information content (AvgIpc) is 3.43. The van der Waals surface area contributed by atoms with Crippen molar-refractivity contribution in [3.63, 3.8) is 0 Å². The molecule has 0 spiro atoms. The number of amides is 1. The first-order valence-corrected chi connectivity index (χ1v) is 8.70. The van der Waals surface area contributed by atoms with E-state index in [4.69, 9.17) is 6.42 Å². The Hall–Kier alpha value is -3.01. The molecule has 2 aromatic rings. The Bertz CT molecular complexity index is 935. The molecular weight excluding hydrogens is 330 g/mol. The topological polar surface area (TPSA) is 90.8 Å². The molecule has 134 valence electrons. The fourth-order valence-electron chi connectivity index (χ4n) is 2.90. The summed E-state index contributed by atoms with van der Waals surface area (Å²) >= 11 is 0. The van der Waals surface area contributed by atoms with Gasteiger partial charge in [-0.15, -0.1) is 12.3 Å². The maximum absolute atomic E-state index is 12.6. The van der Waals surface area contributed by atoms with Crippen LogP contribution in [0.2, 0.25) is 0 Å². The van der Waals surface area contributed by atoms with Crippen LogP contribution in [-0.4, -0.2) is 33.0 Å². The van der Waals surface area contributed by atoms with Gasteiger partial charge in [-0.2, -0.15) is 10.2 Å². The molecule has 1 aromatic heterocycles. The van der Waals surface area contributed by atoms with Gasteiger partial charge in [-0.1, -0.05) is 12.1 Å². The summed E-state index contributed by atoms with van der Waals surface area (Å²) in [4.78, 5) is 33.6. The maximum atomic E-state index is 12.6. The van der Waals surface area contributed by atoms with Gasteiger partial charge in [-0.05, 0) is 19.1 Å². The standard InChI is InChI=1S/C19H21N5O2/c1-3-5-11-19(22-23-19)12-10-17(25)24(4-2)13-16-20-15-9-7-6-8-14(15)18(26)21-16/h1,6-9H,4-5,10-13H2,2H3,(H,20,21,26). The normalized spacial score (nSPS) is 14.2. The minimum atomic E-state index is -0.461. The Kier molecular flexibility index (Phi) is 5.12. The first kappa shape index (κ1) is 17.8. The number of aromatic nitrogens is 2. The minimum Gasteiger partial charge on any atom is -0.336 e. The lowest BCUT2D eigenvalue weighted by molar-refractivity contribution is -0.132. The highest BCUT2D eigenvalue weighted by Gasteiger charge is 2.39. The highest BCUT2D eigenvalue weighted by molar-refractivity contribution is 5.78. The molecule has 26 heavy (non-hydrogen) atoms. The lowest BCUT2D eigenvalue weighted by Crippen LogP contribution is -2.32. The van der Waals surface area contributed by atoms with Gasteiger partial charge in [0, 0.05) is 32.2 Å². The molecule has 0 atom stereocenters. The van der Waals surface area contributed by atoms with E-state index >= 15 is 0 Å². The van der Waals surface area contributed by atoms with Crippen molar-refractivity contribution in [3.8, 4) is 12.3 Å². The Balaban J connectivity index is 1.65. The number of rotatable bonds is 8. The monoisotopic (exact) mass is 351 g/mol. The molecule has 1 aliphatic heterocycles. The molecule has 7 heteroatoms. The van der Waals surface area contributed by atoms with E-state index in [0.717, 1.165) is 0 Å². The summed E-state index contributed by atoms with van der Waals surface area (Å²) in [6.07, 6.45) is 7.46. The van der Waals surface area contributed by atoms with Crippen molar-refractivity contribution in [1.29, 1.82) is 0 Å². The number of carbonyl (C=O) groups excluding carboxylic acids is 1. The van der Waals surface area contributed by atoms with Crippen molar-refractivity contribution in [3.05, 3.63) is 40.4 Å². The van der Waals surface area contributed by atoms with Crippen LogP contribution in [0.1, 0.15) is 38.4 Å². The number of nitrogens with zero attached hydrogens (tertiary/aromatic N) is 4. The lowest BCUT2D eigenvalue weighted by Gasteiger charge is -2.21. The summed E-state index contributed by atoms with van der Waals surface area (Å²) < 4.78 is 0. The van der Waals surface area contributed by atoms with Crippen LogP contribution in [0.5, 0.6) is 0 Å². The number of fused-ring (bicyclic) bond motifs is 1. The van der Waals surface area contributed by atoms with Crippen LogP contribution in [0.25, 0.3) is 10.9 Å². The number of aromatic amines is 1. The molecular formula is C19H21N5O2. The lowest BCUT2D eigenvalue weighted by atomic mass is 10.0. The molecule has 0 saturated carbocycles. The minimum absolute atomic E-state index is 0.0132. The zero-order valence-electron chi connectivity index (χ0n) is 14.7. The zero-order chi connectivity index (χ0) is 18.6. The predicted molar refractivity (Wildman–Crippen MR) is 98.3 cm³/mol. The number of terminal acetylenes is 1. The van der Waals surface area contributed by atoms with E-state index in [2.05, 4.69) is 26.1 Å². The first-order chi connectivity index (χ1) is 12.6. The molecule has 0 unspecified atom stereocenters. The summed E-state index contributed by atoms with van der Waals surface area (Å²) in [5, 5.41) is 8.65. The number of nitrogens with one attached hydrogen (secondary N) is 1. The van der Waals surface area contributed by atoms with Crippen molar-refractivity contribution in [2.75, 3.05) is 6.54 Å². The molecule has 1 aliphatic rings. The van der Waals surface area contributed by atoms with Gasteiger partial charge >= 0.3 is 0 Å². The van der Waals surface area contributed by atoms with Gasteiger partial charge in [0.1, 0.15) is 5.82 Å². The molecule has 3 rings (SSSR count). The smallest absolute Gasteiger partial charge is 0.258 e. The largest absolute Gasteiger partial charge is 0.336 e. The SMILES string of the molecule is C#CCCC1(CCC(=O)N(CC)Cc2nc3ccccc3c(=O)[nH]2)N=N1. The number of H-pyrrole nitrogens is 1. The Morgan fingerprint density at radius 1 is 1.31 bits per heavy atom. The Morgan fingerprint density at radius 3 is 2.77 bits per heavy atom. The molecule has 2 heterocycles. The Morgan fingerprint density at radius 2 is 2.08 bits per heavy atom. The third-order valence-corrected chi connectivity index (χ3v) is 4.53. The van der Waals surface area contributed by atoms with Crippen molar-refractivity contribution in [1.82, 2.24) is 14.9 Å². The molecule has 0 radical (unpaired) electrons. The van der Waals surface area contributed by atoms with E-state index in [1.165, 1.54) is 0 Å². The van der Waals surface area contributed by atoms with Crippen LogP contribution in [-0.2, 0) is 11.3 Å². The molecule has 0 saturated heterocycles. The molecule has 0 fully saturated rings. The summed E-state index contributed by atoms with van der Waals surface area (Å²) in [6, 6.07) is 7.15. The predicted octanol–water partition coefficient (Wildman–Crippen LogP) is 2.63. The van der Waals surface area contributed by atoms with E-state index < -0.39 is 5.66 Å². The number of carbonyl (C=O) groups is 1. The van der Waals surface area contributed by atoms with E-state index in [-0.39, 0.29) is 18.0 Å². The van der Waals surface area contributed by atoms with Crippen LogP contribution in [0.15, 0.2) is 39.3 Å². The first-order valence-electron chi connectivity index (χ1n) is 8.70. The van der Waals surface area contributed by atoms with Crippen LogP contribution >= 0.6 is 0 Å². The fourth-order valence-corrected chi connectivity index (χ4v) is 2.90. The fraction of sp³-hybridized carbons (Fsp3) is 0.421. The van der Waals surface area contributed by atoms with Crippen LogP contribution in [0.4, 0.5) is 0 Å². The third kappa shape index (κ3) is 3.97. The quantitative estimate of drug-likeness (QED) is 0.741. The van der Waals surface area contributed by atoms with Gasteiger partial charge < -0.3 is 9.88 Å². The number of hydrogen-bond acceptors (Lipinski definition) is 5. The van der Waals surface area contributed by atoms with E-state index in [9.17, 15) is 9.59 Å². The highest BCUT2D eigenvalue weighted by atomic mass is 16.2. The van der Waals surface area contributed by atoms with Crippen LogP contribution in [0.3, 0.4) is 0 Å². The second-order valence-corrected chi connectivity index (χ2v) is 6.32. The van der Waals surface area contributed by atoms with Gasteiger partial charge in [0.25, 0.3) is 5.56 Å². The summed E-state index contributed by atoms with van der Waals surface area (Å²) in [5.74, 6) is 3.05. The van der Waals surface area contributed by atoms with E-state index in [1.807, 2.05) is 13.0 Å². The van der Waals surface area contributed by atoms with E-state index in [0.29, 0.717) is 49.0 Å². The van der Waals surface area contributed by atoms with Crippen molar-refractivity contribution in [2.24, 2.45) is 10.2 Å². The molecule has 1 aromatic carbocycles. The number of para-hydroxylation sites is 1. The van der Waals surface area contributed by atoms with Crippen LogP contribution in [0, 0.1) is 12.3 Å². The average molecular weight is 351 g/mol. The third-order valence-electron chi connectivity index (χ3n) is 4.53. The van der Waals surface area contributed by atoms with Gasteiger partial charge in [0.05, 0.1) is 17.4 Å². The van der Waals surface area contributed by atoms with Gasteiger partial charge in [0.2, 0.25) is 5.91 Å². The number of hydrogen-bond donors (Lipinski definition) is 1. The van der Waals surface area contributed by atoms with Crippen molar-refractivity contribution < 1.29 is 4.79 Å². The summed E-state index contributed by atoms with van der Waals surface area (Å²) in [5.41, 5.74) is -0.0340.